The molecule has 0 heterocycles. The molecule has 0 amide bonds. The highest BCUT2D eigenvalue weighted by atomic mass is 16.5. The SMILES string of the molecule is COc1cc(C)c(N(C)CC(O)CN)cc1C(C)C. The molecule has 1 rings (SSSR count). The van der Waals surface area contributed by atoms with Gasteiger partial charge < -0.3 is 20.5 Å². The van der Waals surface area contributed by atoms with Gasteiger partial charge in [-0.05, 0) is 36.1 Å². The van der Waals surface area contributed by atoms with E-state index in [0.29, 0.717) is 12.5 Å². The van der Waals surface area contributed by atoms with Crippen molar-refractivity contribution in [1.82, 2.24) is 0 Å². The maximum Gasteiger partial charge on any atom is 0.122 e. The Morgan fingerprint density at radius 2 is 2.00 bits per heavy atom. The third-order valence-electron chi connectivity index (χ3n) is 3.34. The van der Waals surface area contributed by atoms with E-state index in [4.69, 9.17) is 10.5 Å². The molecule has 1 unspecified atom stereocenters. The number of benzene rings is 1. The third kappa shape index (κ3) is 3.85. The fraction of sp³-hybridized carbons (Fsp3) is 0.600. The van der Waals surface area contributed by atoms with Crippen LogP contribution in [0, 0.1) is 6.92 Å². The van der Waals surface area contributed by atoms with Crippen molar-refractivity contribution in [3.8, 4) is 5.75 Å². The second-order valence-corrected chi connectivity index (χ2v) is 5.31. The zero-order valence-corrected chi connectivity index (χ0v) is 12.6. The number of methoxy groups -OCH3 is 1. The maximum absolute atomic E-state index is 9.67. The molecule has 0 radical (unpaired) electrons. The van der Waals surface area contributed by atoms with E-state index in [-0.39, 0.29) is 6.54 Å². The Kier molecular flexibility index (Phi) is 5.63. The highest BCUT2D eigenvalue weighted by Gasteiger charge is 2.15. The number of ether oxygens (including phenoxy) is 1. The van der Waals surface area contributed by atoms with Crippen LogP contribution in [0.15, 0.2) is 12.1 Å². The molecule has 0 aliphatic rings. The van der Waals surface area contributed by atoms with E-state index >= 15 is 0 Å². The van der Waals surface area contributed by atoms with Crippen molar-refractivity contribution in [3.63, 3.8) is 0 Å². The summed E-state index contributed by atoms with van der Waals surface area (Å²) in [6.07, 6.45) is -0.506. The molecule has 1 atom stereocenters. The summed E-state index contributed by atoms with van der Waals surface area (Å²) in [4.78, 5) is 2.04. The first-order valence-electron chi connectivity index (χ1n) is 6.68. The predicted octanol–water partition coefficient (Wildman–Crippen LogP) is 1.88. The van der Waals surface area contributed by atoms with Gasteiger partial charge in [-0.2, -0.15) is 0 Å². The topological polar surface area (TPSA) is 58.7 Å². The zero-order valence-electron chi connectivity index (χ0n) is 12.6. The summed E-state index contributed by atoms with van der Waals surface area (Å²) in [5.41, 5.74) is 8.88. The van der Waals surface area contributed by atoms with Crippen molar-refractivity contribution in [2.24, 2.45) is 5.73 Å². The minimum absolute atomic E-state index is 0.274. The number of anilines is 1. The quantitative estimate of drug-likeness (QED) is 0.825. The number of hydrogen-bond acceptors (Lipinski definition) is 4. The Morgan fingerprint density at radius 1 is 1.37 bits per heavy atom. The number of aliphatic hydroxyl groups is 1. The molecule has 0 aromatic heterocycles. The van der Waals surface area contributed by atoms with E-state index < -0.39 is 6.10 Å². The molecule has 0 aliphatic carbocycles. The number of hydrogen-bond donors (Lipinski definition) is 2. The summed E-state index contributed by atoms with van der Waals surface area (Å²) in [7, 11) is 3.67. The van der Waals surface area contributed by atoms with Crippen molar-refractivity contribution in [2.75, 3.05) is 32.1 Å². The first-order chi connectivity index (χ1) is 8.90. The van der Waals surface area contributed by atoms with Gasteiger partial charge in [0.1, 0.15) is 5.75 Å². The molecule has 4 nitrogen and oxygen atoms in total. The molecular weight excluding hydrogens is 240 g/mol. The Bertz CT molecular complexity index is 419. The summed E-state index contributed by atoms with van der Waals surface area (Å²) in [6.45, 7) is 7.14. The molecule has 0 saturated carbocycles. The highest BCUT2D eigenvalue weighted by molar-refractivity contribution is 5.59. The van der Waals surface area contributed by atoms with E-state index in [1.807, 2.05) is 18.9 Å². The van der Waals surface area contributed by atoms with Gasteiger partial charge in [-0.1, -0.05) is 13.8 Å². The molecular formula is C15H26N2O2. The molecule has 108 valence electrons. The van der Waals surface area contributed by atoms with Gasteiger partial charge in [-0.15, -0.1) is 0 Å². The molecule has 0 fully saturated rings. The van der Waals surface area contributed by atoms with Crippen molar-refractivity contribution >= 4 is 5.69 Å². The second kappa shape index (κ2) is 6.78. The highest BCUT2D eigenvalue weighted by Crippen LogP contribution is 2.33. The molecule has 19 heavy (non-hydrogen) atoms. The van der Waals surface area contributed by atoms with Gasteiger partial charge in [0.05, 0.1) is 13.2 Å². The van der Waals surface area contributed by atoms with Crippen LogP contribution in [0.2, 0.25) is 0 Å². The maximum atomic E-state index is 9.67. The molecule has 4 heteroatoms. The molecule has 1 aromatic carbocycles. The van der Waals surface area contributed by atoms with Gasteiger partial charge in [0.25, 0.3) is 0 Å². The van der Waals surface area contributed by atoms with Crippen LogP contribution >= 0.6 is 0 Å². The second-order valence-electron chi connectivity index (χ2n) is 5.31. The molecule has 0 saturated heterocycles. The third-order valence-corrected chi connectivity index (χ3v) is 3.34. The van der Waals surface area contributed by atoms with Crippen molar-refractivity contribution in [3.05, 3.63) is 23.3 Å². The van der Waals surface area contributed by atoms with Crippen LogP contribution in [0.3, 0.4) is 0 Å². The Balaban J connectivity index is 3.10. The summed E-state index contributed by atoms with van der Waals surface area (Å²) < 4.78 is 5.44. The number of likely N-dealkylation sites (N-methyl/N-ethyl adjacent to an activating group) is 1. The largest absolute Gasteiger partial charge is 0.496 e. The Hall–Kier alpha value is -1.26. The van der Waals surface area contributed by atoms with Crippen LogP contribution < -0.4 is 15.4 Å². The normalized spacial score (nSPS) is 12.6. The van der Waals surface area contributed by atoms with Gasteiger partial charge in [-0.3, -0.25) is 0 Å². The Labute approximate surface area is 116 Å². The van der Waals surface area contributed by atoms with Crippen molar-refractivity contribution in [1.29, 1.82) is 0 Å². The number of aliphatic hydroxyl groups excluding tert-OH is 1. The van der Waals surface area contributed by atoms with Crippen LogP contribution in [-0.2, 0) is 0 Å². The minimum atomic E-state index is -0.506. The monoisotopic (exact) mass is 266 g/mol. The predicted molar refractivity (Wildman–Crippen MR) is 80.2 cm³/mol. The lowest BCUT2D eigenvalue weighted by Crippen LogP contribution is -2.34. The molecule has 3 N–H and O–H groups in total. The van der Waals surface area contributed by atoms with E-state index in [1.165, 1.54) is 5.56 Å². The lowest BCUT2D eigenvalue weighted by atomic mass is 9.98. The fourth-order valence-corrected chi connectivity index (χ4v) is 2.21. The van der Waals surface area contributed by atoms with Gasteiger partial charge in [0.2, 0.25) is 0 Å². The smallest absolute Gasteiger partial charge is 0.122 e. The first kappa shape index (κ1) is 15.8. The van der Waals surface area contributed by atoms with E-state index in [0.717, 1.165) is 17.0 Å². The van der Waals surface area contributed by atoms with E-state index in [1.54, 1.807) is 7.11 Å². The van der Waals surface area contributed by atoms with E-state index in [9.17, 15) is 5.11 Å². The number of rotatable bonds is 6. The number of nitrogens with zero attached hydrogens (tertiary/aromatic N) is 1. The summed E-state index contributed by atoms with van der Waals surface area (Å²) in [5, 5.41) is 9.67. The van der Waals surface area contributed by atoms with Crippen LogP contribution in [0.25, 0.3) is 0 Å². The summed E-state index contributed by atoms with van der Waals surface area (Å²) in [5.74, 6) is 1.31. The van der Waals surface area contributed by atoms with Crippen molar-refractivity contribution in [2.45, 2.75) is 32.8 Å². The molecule has 0 spiro atoms. The van der Waals surface area contributed by atoms with E-state index in [2.05, 4.69) is 26.0 Å². The average molecular weight is 266 g/mol. The zero-order chi connectivity index (χ0) is 14.6. The Morgan fingerprint density at radius 3 is 2.47 bits per heavy atom. The van der Waals surface area contributed by atoms with Crippen LogP contribution in [0.5, 0.6) is 5.75 Å². The van der Waals surface area contributed by atoms with Gasteiger partial charge >= 0.3 is 0 Å². The number of aryl methyl sites for hydroxylation is 1. The first-order valence-corrected chi connectivity index (χ1v) is 6.68. The van der Waals surface area contributed by atoms with Crippen LogP contribution in [0.4, 0.5) is 5.69 Å². The molecule has 0 bridgehead atoms. The molecule has 0 aliphatic heterocycles. The standard InChI is InChI=1S/C15H26N2O2/c1-10(2)13-7-14(11(3)6-15(13)19-5)17(4)9-12(18)8-16/h6-7,10,12,18H,8-9,16H2,1-5H3. The van der Waals surface area contributed by atoms with Gasteiger partial charge in [0.15, 0.2) is 0 Å². The average Bonchev–Trinajstić information content (AvgIpc) is 2.37. The summed E-state index contributed by atoms with van der Waals surface area (Å²) >= 11 is 0. The van der Waals surface area contributed by atoms with Gasteiger partial charge in [-0.25, -0.2) is 0 Å². The summed E-state index contributed by atoms with van der Waals surface area (Å²) in [6, 6.07) is 4.19. The van der Waals surface area contributed by atoms with Crippen molar-refractivity contribution < 1.29 is 9.84 Å². The minimum Gasteiger partial charge on any atom is -0.496 e. The molecule has 1 aromatic rings. The van der Waals surface area contributed by atoms with Crippen LogP contribution in [-0.4, -0.2) is 38.5 Å². The van der Waals surface area contributed by atoms with Crippen LogP contribution in [0.1, 0.15) is 30.9 Å². The lowest BCUT2D eigenvalue weighted by Gasteiger charge is -2.26. The lowest BCUT2D eigenvalue weighted by molar-refractivity contribution is 0.189. The number of nitrogens with two attached hydrogens (primary N) is 1. The van der Waals surface area contributed by atoms with Gasteiger partial charge in [0, 0.05) is 25.8 Å². The fourth-order valence-electron chi connectivity index (χ4n) is 2.21.